The van der Waals surface area contributed by atoms with E-state index in [0.717, 1.165) is 19.8 Å². The van der Waals surface area contributed by atoms with Crippen molar-refractivity contribution in [1.82, 2.24) is 9.80 Å². The highest BCUT2D eigenvalue weighted by Crippen LogP contribution is 2.24. The van der Waals surface area contributed by atoms with Gasteiger partial charge in [-0.15, -0.1) is 0 Å². The van der Waals surface area contributed by atoms with Gasteiger partial charge in [0.15, 0.2) is 0 Å². The molecule has 2 saturated heterocycles. The summed E-state index contributed by atoms with van der Waals surface area (Å²) in [4.78, 5) is 4.98. The molecule has 0 bridgehead atoms. The van der Waals surface area contributed by atoms with Crippen molar-refractivity contribution < 1.29 is 4.74 Å². The number of piperidine rings is 1. The van der Waals surface area contributed by atoms with Crippen molar-refractivity contribution in [3.8, 4) is 0 Å². The van der Waals surface area contributed by atoms with E-state index < -0.39 is 0 Å². The molecule has 2 aliphatic rings. The van der Waals surface area contributed by atoms with Crippen LogP contribution in [0.4, 0.5) is 0 Å². The predicted molar refractivity (Wildman–Crippen MR) is 74.7 cm³/mol. The fraction of sp³-hybridized carbons (Fsp3) is 1.00. The molecule has 0 saturated carbocycles. The van der Waals surface area contributed by atoms with Gasteiger partial charge >= 0.3 is 0 Å². The molecule has 0 spiro atoms. The van der Waals surface area contributed by atoms with Crippen LogP contribution in [0.5, 0.6) is 0 Å². The van der Waals surface area contributed by atoms with Gasteiger partial charge in [-0.1, -0.05) is 0 Å². The molecule has 0 aromatic rings. The number of likely N-dealkylation sites (N-methyl/N-ethyl adjacent to an activating group) is 2. The van der Waals surface area contributed by atoms with Crippen LogP contribution in [-0.2, 0) is 4.74 Å². The van der Waals surface area contributed by atoms with E-state index in [1.807, 2.05) is 0 Å². The van der Waals surface area contributed by atoms with E-state index in [4.69, 9.17) is 10.5 Å². The zero-order valence-electron chi connectivity index (χ0n) is 12.0. The van der Waals surface area contributed by atoms with Crippen LogP contribution < -0.4 is 5.73 Å². The van der Waals surface area contributed by atoms with Crippen molar-refractivity contribution >= 4 is 0 Å². The molecule has 0 aromatic carbocycles. The Morgan fingerprint density at radius 2 is 2.22 bits per heavy atom. The molecule has 106 valence electrons. The van der Waals surface area contributed by atoms with Crippen LogP contribution in [0.3, 0.4) is 0 Å². The second-order valence-corrected chi connectivity index (χ2v) is 6.00. The number of hydrogen-bond donors (Lipinski definition) is 1. The Balaban J connectivity index is 1.93. The summed E-state index contributed by atoms with van der Waals surface area (Å²) >= 11 is 0. The van der Waals surface area contributed by atoms with Crippen LogP contribution >= 0.6 is 0 Å². The van der Waals surface area contributed by atoms with Crippen molar-refractivity contribution in [2.24, 2.45) is 11.7 Å². The summed E-state index contributed by atoms with van der Waals surface area (Å²) in [7, 11) is 4.48. The van der Waals surface area contributed by atoms with Gasteiger partial charge in [0.05, 0.1) is 6.61 Å². The first kappa shape index (κ1) is 14.3. The van der Waals surface area contributed by atoms with Crippen molar-refractivity contribution in [1.29, 1.82) is 0 Å². The lowest BCUT2D eigenvalue weighted by molar-refractivity contribution is -0.00181. The van der Waals surface area contributed by atoms with E-state index in [0.29, 0.717) is 18.0 Å². The number of ether oxygens (including phenoxy) is 1. The molecular formula is C14H29N3O. The maximum absolute atomic E-state index is 6.04. The van der Waals surface area contributed by atoms with Crippen LogP contribution in [0.1, 0.15) is 25.7 Å². The van der Waals surface area contributed by atoms with Crippen molar-refractivity contribution in [3.63, 3.8) is 0 Å². The molecule has 0 radical (unpaired) electrons. The molecule has 4 heteroatoms. The highest BCUT2D eigenvalue weighted by molar-refractivity contribution is 4.87. The Labute approximate surface area is 111 Å². The molecule has 2 aliphatic heterocycles. The molecule has 18 heavy (non-hydrogen) atoms. The molecule has 0 aromatic heterocycles. The highest BCUT2D eigenvalue weighted by atomic mass is 16.5. The Morgan fingerprint density at radius 3 is 2.83 bits per heavy atom. The quantitative estimate of drug-likeness (QED) is 0.805. The Kier molecular flexibility index (Phi) is 5.42. The highest BCUT2D eigenvalue weighted by Gasteiger charge is 2.31. The fourth-order valence-electron chi connectivity index (χ4n) is 3.50. The van der Waals surface area contributed by atoms with Crippen LogP contribution in [0.15, 0.2) is 0 Å². The van der Waals surface area contributed by atoms with Gasteiger partial charge in [-0.05, 0) is 52.2 Å². The summed E-state index contributed by atoms with van der Waals surface area (Å²) < 4.78 is 5.63. The van der Waals surface area contributed by atoms with E-state index in [2.05, 4.69) is 23.9 Å². The van der Waals surface area contributed by atoms with Gasteiger partial charge in [-0.3, -0.25) is 4.90 Å². The van der Waals surface area contributed by atoms with E-state index in [-0.39, 0.29) is 0 Å². The van der Waals surface area contributed by atoms with Crippen LogP contribution in [-0.4, -0.2) is 68.8 Å². The molecule has 3 atom stereocenters. The third-order valence-corrected chi connectivity index (χ3v) is 4.68. The minimum absolute atomic E-state index is 0.488. The van der Waals surface area contributed by atoms with E-state index in [1.165, 1.54) is 38.8 Å². The molecule has 0 aliphatic carbocycles. The normalized spacial score (nSPS) is 32.7. The average Bonchev–Trinajstić information content (AvgIpc) is 2.41. The summed E-state index contributed by atoms with van der Waals surface area (Å²) in [5.41, 5.74) is 6.04. The van der Waals surface area contributed by atoms with Crippen LogP contribution in [0.2, 0.25) is 0 Å². The summed E-state index contributed by atoms with van der Waals surface area (Å²) in [5, 5.41) is 0. The Bertz CT molecular complexity index is 243. The molecular weight excluding hydrogens is 226 g/mol. The van der Waals surface area contributed by atoms with E-state index >= 15 is 0 Å². The van der Waals surface area contributed by atoms with Gasteiger partial charge in [-0.25, -0.2) is 0 Å². The van der Waals surface area contributed by atoms with Gasteiger partial charge in [0, 0.05) is 31.8 Å². The molecule has 2 fully saturated rings. The molecule has 0 amide bonds. The number of nitrogens with two attached hydrogens (primary N) is 1. The SMILES string of the molecule is CN1CCCC(N(C)C(CN)C2CCCOC2)C1. The average molecular weight is 255 g/mol. The van der Waals surface area contributed by atoms with Gasteiger partial charge < -0.3 is 15.4 Å². The summed E-state index contributed by atoms with van der Waals surface area (Å²) in [6.07, 6.45) is 5.09. The largest absolute Gasteiger partial charge is 0.381 e. The monoisotopic (exact) mass is 255 g/mol. The first-order valence-electron chi connectivity index (χ1n) is 7.40. The smallest absolute Gasteiger partial charge is 0.0509 e. The Morgan fingerprint density at radius 1 is 1.39 bits per heavy atom. The van der Waals surface area contributed by atoms with Gasteiger partial charge in [-0.2, -0.15) is 0 Å². The third-order valence-electron chi connectivity index (χ3n) is 4.68. The fourth-order valence-corrected chi connectivity index (χ4v) is 3.50. The molecule has 3 unspecified atom stereocenters. The Hall–Kier alpha value is -0.160. The zero-order chi connectivity index (χ0) is 13.0. The second kappa shape index (κ2) is 6.85. The van der Waals surface area contributed by atoms with Gasteiger partial charge in [0.2, 0.25) is 0 Å². The van der Waals surface area contributed by atoms with Gasteiger partial charge in [0.1, 0.15) is 0 Å². The van der Waals surface area contributed by atoms with Gasteiger partial charge in [0.25, 0.3) is 0 Å². The van der Waals surface area contributed by atoms with E-state index in [9.17, 15) is 0 Å². The zero-order valence-corrected chi connectivity index (χ0v) is 12.0. The molecule has 2 N–H and O–H groups in total. The minimum atomic E-state index is 0.488. The standard InChI is InChI=1S/C14H29N3O/c1-16-7-3-6-13(10-16)17(2)14(9-15)12-5-4-8-18-11-12/h12-14H,3-11,15H2,1-2H3. The molecule has 4 nitrogen and oxygen atoms in total. The maximum atomic E-state index is 6.04. The minimum Gasteiger partial charge on any atom is -0.381 e. The number of likely N-dealkylation sites (tertiary alicyclic amines) is 1. The summed E-state index contributed by atoms with van der Waals surface area (Å²) in [5.74, 6) is 0.626. The van der Waals surface area contributed by atoms with Crippen LogP contribution in [0.25, 0.3) is 0 Å². The lowest BCUT2D eigenvalue weighted by Gasteiger charge is -2.43. The summed E-state index contributed by atoms with van der Waals surface area (Å²) in [6, 6.07) is 1.15. The summed E-state index contributed by atoms with van der Waals surface area (Å²) in [6.45, 7) is 5.01. The number of nitrogens with zero attached hydrogens (tertiary/aromatic N) is 2. The molecule has 2 rings (SSSR count). The maximum Gasteiger partial charge on any atom is 0.0509 e. The van der Waals surface area contributed by atoms with Crippen molar-refractivity contribution in [2.75, 3.05) is 46.9 Å². The van der Waals surface area contributed by atoms with Crippen LogP contribution in [0, 0.1) is 5.92 Å². The predicted octanol–water partition coefficient (Wildman–Crippen LogP) is 0.766. The first-order chi connectivity index (χ1) is 8.72. The topological polar surface area (TPSA) is 41.7 Å². The van der Waals surface area contributed by atoms with Crippen molar-refractivity contribution in [3.05, 3.63) is 0 Å². The second-order valence-electron chi connectivity index (χ2n) is 6.00. The molecule has 2 heterocycles. The van der Waals surface area contributed by atoms with E-state index in [1.54, 1.807) is 0 Å². The third kappa shape index (κ3) is 3.44. The van der Waals surface area contributed by atoms with Crippen molar-refractivity contribution in [2.45, 2.75) is 37.8 Å². The number of rotatable bonds is 4. The number of hydrogen-bond acceptors (Lipinski definition) is 4. The first-order valence-corrected chi connectivity index (χ1v) is 7.40. The lowest BCUT2D eigenvalue weighted by atomic mass is 9.91. The lowest BCUT2D eigenvalue weighted by Crippen LogP contribution is -2.54.